The fourth-order valence-electron chi connectivity index (χ4n) is 1.86. The molecule has 1 aromatic carbocycles. The second kappa shape index (κ2) is 7.89. The highest BCUT2D eigenvalue weighted by atomic mass is 19.4. The SMILES string of the molecule is CN(C)C(=O)COc1ccc(NC(=O)Cn2ccc(C(F)(F)F)n2)cc1. The molecule has 2 rings (SSSR count). The number of anilines is 1. The quantitative estimate of drug-likeness (QED) is 0.844. The van der Waals surface area contributed by atoms with E-state index in [0.29, 0.717) is 11.4 Å². The lowest BCUT2D eigenvalue weighted by molar-refractivity contribution is -0.141. The Morgan fingerprint density at radius 1 is 1.19 bits per heavy atom. The van der Waals surface area contributed by atoms with Gasteiger partial charge in [-0.2, -0.15) is 18.3 Å². The van der Waals surface area contributed by atoms with Crippen molar-refractivity contribution in [3.8, 4) is 5.75 Å². The Morgan fingerprint density at radius 2 is 1.85 bits per heavy atom. The third-order valence-electron chi connectivity index (χ3n) is 3.24. The van der Waals surface area contributed by atoms with E-state index in [4.69, 9.17) is 4.74 Å². The molecule has 1 aromatic heterocycles. The summed E-state index contributed by atoms with van der Waals surface area (Å²) in [5.74, 6) is -0.279. The standard InChI is InChI=1S/C16H17F3N4O3/c1-22(2)15(25)10-26-12-5-3-11(4-6-12)20-14(24)9-23-8-7-13(21-23)16(17,18)19/h3-8H,9-10H2,1-2H3,(H,20,24). The van der Waals surface area contributed by atoms with Gasteiger partial charge >= 0.3 is 6.18 Å². The van der Waals surface area contributed by atoms with E-state index in [-0.39, 0.29) is 19.1 Å². The van der Waals surface area contributed by atoms with Gasteiger partial charge in [0.1, 0.15) is 12.3 Å². The van der Waals surface area contributed by atoms with Crippen LogP contribution in [0.5, 0.6) is 5.75 Å². The fourth-order valence-corrected chi connectivity index (χ4v) is 1.86. The Labute approximate surface area is 147 Å². The second-order valence-corrected chi connectivity index (χ2v) is 5.55. The number of carbonyl (C=O) groups excluding carboxylic acids is 2. The van der Waals surface area contributed by atoms with Gasteiger partial charge in [0, 0.05) is 26.0 Å². The largest absolute Gasteiger partial charge is 0.484 e. The topological polar surface area (TPSA) is 76.5 Å². The van der Waals surface area contributed by atoms with Crippen LogP contribution < -0.4 is 10.1 Å². The van der Waals surface area contributed by atoms with E-state index in [1.165, 1.54) is 4.90 Å². The van der Waals surface area contributed by atoms with Gasteiger partial charge in [0.15, 0.2) is 12.3 Å². The van der Waals surface area contributed by atoms with Crippen LogP contribution in [0, 0.1) is 0 Å². The predicted octanol–water partition coefficient (Wildman–Crippen LogP) is 2.01. The normalized spacial score (nSPS) is 11.1. The van der Waals surface area contributed by atoms with Crippen LogP contribution in [-0.2, 0) is 22.3 Å². The number of halogens is 3. The molecule has 0 saturated carbocycles. The molecule has 0 saturated heterocycles. The lowest BCUT2D eigenvalue weighted by atomic mass is 10.3. The summed E-state index contributed by atoms with van der Waals surface area (Å²) >= 11 is 0. The molecule has 7 nitrogen and oxygen atoms in total. The van der Waals surface area contributed by atoms with Crippen molar-refractivity contribution in [2.45, 2.75) is 12.7 Å². The Morgan fingerprint density at radius 3 is 2.38 bits per heavy atom. The third-order valence-corrected chi connectivity index (χ3v) is 3.24. The molecule has 1 heterocycles. The van der Waals surface area contributed by atoms with E-state index in [1.54, 1.807) is 38.4 Å². The number of benzene rings is 1. The number of aromatic nitrogens is 2. The lowest BCUT2D eigenvalue weighted by Crippen LogP contribution is -2.27. The zero-order valence-corrected chi connectivity index (χ0v) is 14.1. The van der Waals surface area contributed by atoms with E-state index >= 15 is 0 Å². The molecule has 0 radical (unpaired) electrons. The Balaban J connectivity index is 1.87. The zero-order chi connectivity index (χ0) is 19.3. The minimum Gasteiger partial charge on any atom is -0.484 e. The molecule has 0 fully saturated rings. The summed E-state index contributed by atoms with van der Waals surface area (Å²) in [7, 11) is 3.23. The molecule has 0 aliphatic heterocycles. The molecule has 0 aliphatic carbocycles. The number of rotatable bonds is 6. The fraction of sp³-hybridized carbons (Fsp3) is 0.312. The smallest absolute Gasteiger partial charge is 0.435 e. The van der Waals surface area contributed by atoms with Crippen molar-refractivity contribution < 1.29 is 27.5 Å². The van der Waals surface area contributed by atoms with Crippen LogP contribution >= 0.6 is 0 Å². The van der Waals surface area contributed by atoms with Gasteiger partial charge in [0.05, 0.1) is 0 Å². The third kappa shape index (κ3) is 5.50. The van der Waals surface area contributed by atoms with Gasteiger partial charge in [0.25, 0.3) is 5.91 Å². The number of hydrogen-bond donors (Lipinski definition) is 1. The number of amides is 2. The van der Waals surface area contributed by atoms with Crippen LogP contribution in [0.15, 0.2) is 36.5 Å². The van der Waals surface area contributed by atoms with Gasteiger partial charge in [-0.25, -0.2) is 0 Å². The van der Waals surface area contributed by atoms with Crippen LogP contribution in [-0.4, -0.2) is 47.2 Å². The van der Waals surface area contributed by atoms with Crippen molar-refractivity contribution in [1.29, 1.82) is 0 Å². The number of nitrogens with one attached hydrogen (secondary N) is 1. The van der Waals surface area contributed by atoms with Crippen molar-refractivity contribution in [2.24, 2.45) is 0 Å². The summed E-state index contributed by atoms with van der Waals surface area (Å²) < 4.78 is 43.6. The van der Waals surface area contributed by atoms with Gasteiger partial charge in [-0.15, -0.1) is 0 Å². The summed E-state index contributed by atoms with van der Waals surface area (Å²) in [6, 6.07) is 7.03. The van der Waals surface area contributed by atoms with Gasteiger partial charge in [0.2, 0.25) is 5.91 Å². The minimum atomic E-state index is -4.55. The highest BCUT2D eigenvalue weighted by Crippen LogP contribution is 2.27. The Kier molecular flexibility index (Phi) is 5.86. The first kappa shape index (κ1) is 19.3. The van der Waals surface area contributed by atoms with E-state index in [2.05, 4.69) is 10.4 Å². The Hall–Kier alpha value is -3.04. The van der Waals surface area contributed by atoms with Gasteiger partial charge in [-0.05, 0) is 30.3 Å². The molecule has 0 spiro atoms. The molecular weight excluding hydrogens is 353 g/mol. The molecule has 0 bridgehead atoms. The first-order chi connectivity index (χ1) is 12.1. The van der Waals surface area contributed by atoms with Gasteiger partial charge in [-0.1, -0.05) is 0 Å². The van der Waals surface area contributed by atoms with Crippen LogP contribution in [0.4, 0.5) is 18.9 Å². The number of hydrogen-bond acceptors (Lipinski definition) is 4. The van der Waals surface area contributed by atoms with E-state index in [1.807, 2.05) is 0 Å². The van der Waals surface area contributed by atoms with Crippen molar-refractivity contribution >= 4 is 17.5 Å². The monoisotopic (exact) mass is 370 g/mol. The molecule has 0 unspecified atom stereocenters. The van der Waals surface area contributed by atoms with Gasteiger partial charge < -0.3 is 15.0 Å². The van der Waals surface area contributed by atoms with Crippen molar-refractivity contribution in [3.05, 3.63) is 42.2 Å². The average molecular weight is 370 g/mol. The highest BCUT2D eigenvalue weighted by Gasteiger charge is 2.33. The van der Waals surface area contributed by atoms with Crippen molar-refractivity contribution in [3.63, 3.8) is 0 Å². The molecule has 1 N–H and O–H groups in total. The molecule has 2 aromatic rings. The first-order valence-electron chi connectivity index (χ1n) is 7.48. The molecule has 2 amide bonds. The molecule has 26 heavy (non-hydrogen) atoms. The average Bonchev–Trinajstić information content (AvgIpc) is 3.02. The van der Waals surface area contributed by atoms with Crippen molar-refractivity contribution in [2.75, 3.05) is 26.0 Å². The predicted molar refractivity (Wildman–Crippen MR) is 86.5 cm³/mol. The van der Waals surface area contributed by atoms with E-state index < -0.39 is 17.8 Å². The maximum atomic E-state index is 12.5. The number of ether oxygens (including phenoxy) is 1. The van der Waals surface area contributed by atoms with E-state index in [9.17, 15) is 22.8 Å². The van der Waals surface area contributed by atoms with E-state index in [0.717, 1.165) is 16.9 Å². The summed E-state index contributed by atoms with van der Waals surface area (Å²) in [5.41, 5.74) is -0.622. The number of likely N-dealkylation sites (N-methyl/N-ethyl adjacent to an activating group) is 1. The minimum absolute atomic E-state index is 0.112. The Bertz CT molecular complexity index is 770. The maximum Gasteiger partial charge on any atom is 0.435 e. The van der Waals surface area contributed by atoms with Gasteiger partial charge in [-0.3, -0.25) is 14.3 Å². The molecule has 10 heteroatoms. The molecule has 140 valence electrons. The molecule has 0 atom stereocenters. The summed E-state index contributed by atoms with van der Waals surface area (Å²) in [6.07, 6.45) is -3.47. The van der Waals surface area contributed by atoms with Crippen LogP contribution in [0.1, 0.15) is 5.69 Å². The van der Waals surface area contributed by atoms with Crippen molar-refractivity contribution in [1.82, 2.24) is 14.7 Å². The highest BCUT2D eigenvalue weighted by molar-refractivity contribution is 5.90. The number of carbonyl (C=O) groups is 2. The van der Waals surface area contributed by atoms with Crippen LogP contribution in [0.3, 0.4) is 0 Å². The zero-order valence-electron chi connectivity index (χ0n) is 14.1. The van der Waals surface area contributed by atoms with Crippen LogP contribution in [0.25, 0.3) is 0 Å². The number of alkyl halides is 3. The second-order valence-electron chi connectivity index (χ2n) is 5.55. The number of nitrogens with zero attached hydrogens (tertiary/aromatic N) is 3. The molecule has 0 aliphatic rings. The van der Waals surface area contributed by atoms with Crippen LogP contribution in [0.2, 0.25) is 0 Å². The first-order valence-corrected chi connectivity index (χ1v) is 7.48. The maximum absolute atomic E-state index is 12.5. The summed E-state index contributed by atoms with van der Waals surface area (Å²) in [6.45, 7) is -0.467. The summed E-state index contributed by atoms with van der Waals surface area (Å²) in [5, 5.41) is 5.84. The summed E-state index contributed by atoms with van der Waals surface area (Å²) in [4.78, 5) is 24.7. The lowest BCUT2D eigenvalue weighted by Gasteiger charge is -2.11. The molecular formula is C16H17F3N4O3.